The van der Waals surface area contributed by atoms with Crippen LogP contribution in [0, 0.1) is 23.6 Å². The summed E-state index contributed by atoms with van der Waals surface area (Å²) in [5.41, 5.74) is 6.43. The molecule has 0 saturated carbocycles. The first kappa shape index (κ1) is 16.2. The summed E-state index contributed by atoms with van der Waals surface area (Å²) in [6.45, 7) is 4.57. The Morgan fingerprint density at radius 3 is 2.85 bits per heavy atom. The van der Waals surface area contributed by atoms with Crippen LogP contribution in [0.5, 0.6) is 0 Å². The summed E-state index contributed by atoms with van der Waals surface area (Å²) in [4.78, 5) is 11.6. The Kier molecular flexibility index (Phi) is 6.75. The van der Waals surface area contributed by atoms with Crippen LogP contribution in [0.1, 0.15) is 37.8 Å². The van der Waals surface area contributed by atoms with Crippen LogP contribution in [-0.4, -0.2) is 12.5 Å². The van der Waals surface area contributed by atoms with Gasteiger partial charge in [0, 0.05) is 24.1 Å². The molecule has 0 spiro atoms. The van der Waals surface area contributed by atoms with Gasteiger partial charge in [-0.15, -0.1) is 0 Å². The highest BCUT2D eigenvalue weighted by Crippen LogP contribution is 2.10. The second-order valence-corrected chi connectivity index (χ2v) is 5.02. The Balaban J connectivity index is 2.60. The van der Waals surface area contributed by atoms with E-state index in [4.69, 9.17) is 5.73 Å². The van der Waals surface area contributed by atoms with Crippen molar-refractivity contribution in [2.75, 3.05) is 6.54 Å². The van der Waals surface area contributed by atoms with Gasteiger partial charge in [-0.3, -0.25) is 4.79 Å². The lowest BCUT2D eigenvalue weighted by Crippen LogP contribution is -2.23. The molecule has 0 unspecified atom stereocenters. The molecule has 20 heavy (non-hydrogen) atoms. The van der Waals surface area contributed by atoms with Gasteiger partial charge in [0.15, 0.2) is 0 Å². The third-order valence-electron chi connectivity index (χ3n) is 2.81. The Morgan fingerprint density at radius 2 is 2.20 bits per heavy atom. The molecule has 4 heteroatoms. The number of nitrogens with one attached hydrogen (secondary N) is 1. The molecule has 0 saturated heterocycles. The molecular weight excluding hydrogens is 255 g/mol. The fourth-order valence-electron chi connectivity index (χ4n) is 1.64. The average Bonchev–Trinajstić information content (AvgIpc) is 2.42. The fourth-order valence-corrected chi connectivity index (χ4v) is 1.64. The van der Waals surface area contributed by atoms with E-state index in [0.717, 1.165) is 6.42 Å². The lowest BCUT2D eigenvalue weighted by molar-refractivity contribution is -0.121. The van der Waals surface area contributed by atoms with Crippen LogP contribution in [0.25, 0.3) is 0 Å². The van der Waals surface area contributed by atoms with Crippen molar-refractivity contribution in [3.8, 4) is 11.8 Å². The van der Waals surface area contributed by atoms with E-state index in [9.17, 15) is 9.18 Å². The smallest absolute Gasteiger partial charge is 0.220 e. The first-order chi connectivity index (χ1) is 9.52. The predicted molar refractivity (Wildman–Crippen MR) is 78.3 cm³/mol. The maximum Gasteiger partial charge on any atom is 0.220 e. The standard InChI is InChI=1S/C16H21FN2O/c1-12(2)5-8-16(20)19-11-14-10-13(4-3-9-18)6-7-15(14)17/h6-7,10,12H,5,8-9,11,18H2,1-2H3,(H,19,20). The molecule has 0 bridgehead atoms. The molecule has 0 aliphatic heterocycles. The highest BCUT2D eigenvalue weighted by atomic mass is 19.1. The molecule has 0 aliphatic rings. The van der Waals surface area contributed by atoms with Crippen molar-refractivity contribution >= 4 is 5.91 Å². The zero-order chi connectivity index (χ0) is 15.0. The van der Waals surface area contributed by atoms with Crippen molar-refractivity contribution in [3.63, 3.8) is 0 Å². The molecule has 1 rings (SSSR count). The van der Waals surface area contributed by atoms with Gasteiger partial charge in [0.05, 0.1) is 6.54 Å². The molecule has 0 heterocycles. The van der Waals surface area contributed by atoms with Crippen molar-refractivity contribution in [1.29, 1.82) is 0 Å². The Hall–Kier alpha value is -1.86. The number of carbonyl (C=O) groups excluding carboxylic acids is 1. The highest BCUT2D eigenvalue weighted by molar-refractivity contribution is 5.75. The van der Waals surface area contributed by atoms with E-state index < -0.39 is 0 Å². The van der Waals surface area contributed by atoms with E-state index in [1.807, 2.05) is 0 Å². The van der Waals surface area contributed by atoms with Crippen LogP contribution in [0.4, 0.5) is 4.39 Å². The molecule has 0 atom stereocenters. The monoisotopic (exact) mass is 276 g/mol. The molecular formula is C16H21FN2O. The molecule has 1 amide bonds. The summed E-state index contributed by atoms with van der Waals surface area (Å²) in [5, 5.41) is 2.73. The minimum Gasteiger partial charge on any atom is -0.352 e. The number of carbonyl (C=O) groups is 1. The van der Waals surface area contributed by atoms with E-state index in [1.54, 1.807) is 12.1 Å². The largest absolute Gasteiger partial charge is 0.352 e. The second-order valence-electron chi connectivity index (χ2n) is 5.02. The van der Waals surface area contributed by atoms with Gasteiger partial charge in [-0.25, -0.2) is 4.39 Å². The van der Waals surface area contributed by atoms with Crippen molar-refractivity contribution < 1.29 is 9.18 Å². The summed E-state index contributed by atoms with van der Waals surface area (Å²) in [6, 6.07) is 4.60. The van der Waals surface area contributed by atoms with E-state index in [-0.39, 0.29) is 24.8 Å². The Labute approximate surface area is 119 Å². The number of amides is 1. The number of rotatable bonds is 5. The van der Waals surface area contributed by atoms with Crippen LogP contribution in [-0.2, 0) is 11.3 Å². The molecule has 0 radical (unpaired) electrons. The van der Waals surface area contributed by atoms with Crippen LogP contribution in [0.3, 0.4) is 0 Å². The molecule has 3 N–H and O–H groups in total. The third kappa shape index (κ3) is 5.85. The summed E-state index contributed by atoms with van der Waals surface area (Å²) in [6.07, 6.45) is 1.29. The molecule has 0 aromatic heterocycles. The van der Waals surface area contributed by atoms with Gasteiger partial charge in [-0.1, -0.05) is 25.7 Å². The highest BCUT2D eigenvalue weighted by Gasteiger charge is 2.06. The van der Waals surface area contributed by atoms with Crippen molar-refractivity contribution in [2.45, 2.75) is 33.2 Å². The quantitative estimate of drug-likeness (QED) is 0.810. The average molecular weight is 276 g/mol. The SMILES string of the molecule is CC(C)CCC(=O)NCc1cc(C#CCN)ccc1F. The van der Waals surface area contributed by atoms with E-state index >= 15 is 0 Å². The van der Waals surface area contributed by atoms with Crippen LogP contribution in [0.15, 0.2) is 18.2 Å². The van der Waals surface area contributed by atoms with Crippen molar-refractivity contribution in [1.82, 2.24) is 5.32 Å². The molecule has 1 aromatic carbocycles. The van der Waals surface area contributed by atoms with Gasteiger partial charge < -0.3 is 11.1 Å². The first-order valence-electron chi connectivity index (χ1n) is 6.77. The number of nitrogens with two attached hydrogens (primary N) is 1. The summed E-state index contributed by atoms with van der Waals surface area (Å²) in [7, 11) is 0. The second kappa shape index (κ2) is 8.34. The third-order valence-corrected chi connectivity index (χ3v) is 2.81. The van der Waals surface area contributed by atoms with Crippen molar-refractivity contribution in [2.24, 2.45) is 11.7 Å². The van der Waals surface area contributed by atoms with E-state index in [0.29, 0.717) is 23.5 Å². The van der Waals surface area contributed by atoms with Gasteiger partial charge in [-0.05, 0) is 30.5 Å². The normalized spacial score (nSPS) is 10.1. The number of benzene rings is 1. The van der Waals surface area contributed by atoms with Gasteiger partial charge >= 0.3 is 0 Å². The lowest BCUT2D eigenvalue weighted by atomic mass is 10.1. The van der Waals surface area contributed by atoms with Gasteiger partial charge in [0.25, 0.3) is 0 Å². The van der Waals surface area contributed by atoms with E-state index in [2.05, 4.69) is 31.0 Å². The van der Waals surface area contributed by atoms with Crippen molar-refractivity contribution in [3.05, 3.63) is 35.1 Å². The van der Waals surface area contributed by atoms with E-state index in [1.165, 1.54) is 6.07 Å². The molecule has 3 nitrogen and oxygen atoms in total. The minimum absolute atomic E-state index is 0.0588. The zero-order valence-electron chi connectivity index (χ0n) is 12.0. The lowest BCUT2D eigenvalue weighted by Gasteiger charge is -2.08. The molecule has 0 aliphatic carbocycles. The Bertz CT molecular complexity index is 515. The fraction of sp³-hybridized carbons (Fsp3) is 0.438. The topological polar surface area (TPSA) is 55.1 Å². The minimum atomic E-state index is -0.340. The van der Waals surface area contributed by atoms with Gasteiger partial charge in [0.1, 0.15) is 5.82 Å². The summed E-state index contributed by atoms with van der Waals surface area (Å²) < 4.78 is 13.6. The maximum absolute atomic E-state index is 13.6. The van der Waals surface area contributed by atoms with Gasteiger partial charge in [0.2, 0.25) is 5.91 Å². The van der Waals surface area contributed by atoms with Crippen LogP contribution >= 0.6 is 0 Å². The number of halogens is 1. The molecule has 0 fully saturated rings. The van der Waals surface area contributed by atoms with Crippen LogP contribution in [0.2, 0.25) is 0 Å². The predicted octanol–water partition coefficient (Wildman–Crippen LogP) is 2.19. The summed E-state index contributed by atoms with van der Waals surface area (Å²) in [5.74, 6) is 5.64. The van der Waals surface area contributed by atoms with Crippen LogP contribution < -0.4 is 11.1 Å². The zero-order valence-corrected chi connectivity index (χ0v) is 12.0. The first-order valence-corrected chi connectivity index (χ1v) is 6.77. The number of hydrogen-bond acceptors (Lipinski definition) is 2. The van der Waals surface area contributed by atoms with Gasteiger partial charge in [-0.2, -0.15) is 0 Å². The maximum atomic E-state index is 13.6. The molecule has 108 valence electrons. The Morgan fingerprint density at radius 1 is 1.45 bits per heavy atom. The summed E-state index contributed by atoms with van der Waals surface area (Å²) >= 11 is 0. The molecule has 1 aromatic rings. The number of hydrogen-bond donors (Lipinski definition) is 2.